The van der Waals surface area contributed by atoms with E-state index in [4.69, 9.17) is 0 Å². The number of nitrogens with one attached hydrogen (secondary N) is 1. The van der Waals surface area contributed by atoms with Gasteiger partial charge in [-0.25, -0.2) is 10.2 Å². The maximum absolute atomic E-state index is 10.2. The largest absolute Gasteiger partial charge is 0.449 e. The molecule has 0 aromatic carbocycles. The maximum Gasteiger partial charge on any atom is 0.427 e. The maximum atomic E-state index is 10.2. The molecule has 0 atom stereocenters. The molecule has 0 fully saturated rings. The molecule has 0 unspecified atom stereocenters. The Balaban J connectivity index is 3.18. The van der Waals surface area contributed by atoms with Crippen LogP contribution in [0.25, 0.3) is 0 Å². The molecule has 4 nitrogen and oxygen atoms in total. The zero-order valence-corrected chi connectivity index (χ0v) is 4.68. The zero-order valence-electron chi connectivity index (χ0n) is 4.68. The summed E-state index contributed by atoms with van der Waals surface area (Å²) < 4.78 is 4.40. The zero-order chi connectivity index (χ0) is 6.41. The Kier molecular flexibility index (Phi) is 3.56. The number of amides is 1. The van der Waals surface area contributed by atoms with E-state index >= 15 is 0 Å². The average Bonchev–Trinajstić information content (AvgIpc) is 1.68. The van der Waals surface area contributed by atoms with Crippen molar-refractivity contribution in [1.29, 1.82) is 0 Å². The van der Waals surface area contributed by atoms with Crippen molar-refractivity contribution in [3.05, 3.63) is 0 Å². The topological polar surface area (TPSA) is 50.7 Å². The molecule has 0 aliphatic rings. The molecule has 0 radical (unpaired) electrons. The van der Waals surface area contributed by atoms with Crippen molar-refractivity contribution in [1.82, 2.24) is 5.43 Å². The number of rotatable bonds is 2. The van der Waals surface area contributed by atoms with Gasteiger partial charge in [-0.1, -0.05) is 0 Å². The highest BCUT2D eigenvalue weighted by molar-refractivity contribution is 5.67. The Bertz CT molecular complexity index is 92.0. The summed E-state index contributed by atoms with van der Waals surface area (Å²) in [5.41, 5.74) is 2.00. The molecule has 0 rings (SSSR count). The van der Waals surface area contributed by atoms with Gasteiger partial charge in [-0.15, -0.1) is 0 Å². The van der Waals surface area contributed by atoms with Gasteiger partial charge >= 0.3 is 6.09 Å². The van der Waals surface area contributed by atoms with Crippen molar-refractivity contribution < 1.29 is 9.53 Å². The van der Waals surface area contributed by atoms with E-state index in [0.717, 1.165) is 0 Å². The highest BCUT2D eigenvalue weighted by atomic mass is 16.5. The summed E-state index contributed by atoms with van der Waals surface area (Å²) in [5, 5.41) is 3.08. The molecule has 1 N–H and O–H groups in total. The molecule has 8 heavy (non-hydrogen) atoms. The number of ether oxygens (including phenoxy) is 1. The molecule has 1 amide bonds. The lowest BCUT2D eigenvalue weighted by molar-refractivity contribution is 0.153. The second-order valence-corrected chi connectivity index (χ2v) is 0.990. The summed E-state index contributed by atoms with van der Waals surface area (Å²) in [5.74, 6) is 0. The summed E-state index contributed by atoms with van der Waals surface area (Å²) in [4.78, 5) is 10.2. The lowest BCUT2D eigenvalue weighted by Gasteiger charge is -1.96. The van der Waals surface area contributed by atoms with E-state index in [0.29, 0.717) is 6.61 Å². The van der Waals surface area contributed by atoms with Gasteiger partial charge in [0.25, 0.3) is 0 Å². The molecule has 0 aliphatic carbocycles. The third kappa shape index (κ3) is 3.14. The fraction of sp³-hybridized carbons (Fsp3) is 0.500. The van der Waals surface area contributed by atoms with Crippen LogP contribution in [0, 0.1) is 0 Å². The quantitative estimate of drug-likeness (QED) is 0.418. The van der Waals surface area contributed by atoms with E-state index in [1.807, 2.05) is 5.43 Å². The first-order valence-corrected chi connectivity index (χ1v) is 2.19. The van der Waals surface area contributed by atoms with Crippen LogP contribution in [0.4, 0.5) is 4.79 Å². The van der Waals surface area contributed by atoms with Gasteiger partial charge in [0.1, 0.15) is 0 Å². The Morgan fingerprint density at radius 3 is 3.00 bits per heavy atom. The highest BCUT2D eigenvalue weighted by Gasteiger charge is 1.92. The number of hydrogen-bond donors (Lipinski definition) is 1. The first-order chi connectivity index (χ1) is 3.81. The summed E-state index contributed by atoms with van der Waals surface area (Å²) in [6.45, 7) is 5.08. The van der Waals surface area contributed by atoms with Crippen LogP contribution in [0.3, 0.4) is 0 Å². The number of hydrogen-bond acceptors (Lipinski definition) is 3. The molecule has 4 heteroatoms. The number of carbonyl (C=O) groups excluding carboxylic acids is 1. The predicted octanol–water partition coefficient (Wildman–Crippen LogP) is 0.348. The van der Waals surface area contributed by atoms with Gasteiger partial charge in [0.2, 0.25) is 0 Å². The van der Waals surface area contributed by atoms with Gasteiger partial charge in [-0.2, -0.15) is 5.10 Å². The highest BCUT2D eigenvalue weighted by Crippen LogP contribution is 1.72. The van der Waals surface area contributed by atoms with Crippen LogP contribution >= 0.6 is 0 Å². The van der Waals surface area contributed by atoms with Gasteiger partial charge in [0.15, 0.2) is 0 Å². The number of hydrazone groups is 1. The molecule has 0 aromatic heterocycles. The summed E-state index contributed by atoms with van der Waals surface area (Å²) in [7, 11) is 0. The Labute approximate surface area is 47.5 Å². The summed E-state index contributed by atoms with van der Waals surface area (Å²) in [6, 6.07) is 0. The second kappa shape index (κ2) is 4.11. The van der Waals surface area contributed by atoms with Crippen molar-refractivity contribution in [3.8, 4) is 0 Å². The van der Waals surface area contributed by atoms with Crippen LogP contribution in [0.5, 0.6) is 0 Å². The average molecular weight is 116 g/mol. The molecule has 0 saturated carbocycles. The number of nitrogens with zero attached hydrogens (tertiary/aromatic N) is 1. The minimum atomic E-state index is -0.567. The van der Waals surface area contributed by atoms with Gasteiger partial charge in [0, 0.05) is 6.72 Å². The van der Waals surface area contributed by atoms with Crippen molar-refractivity contribution in [2.75, 3.05) is 6.61 Å². The SMILES string of the molecule is C=NNC(=O)OCC. The van der Waals surface area contributed by atoms with Crippen LogP contribution in [0.15, 0.2) is 5.10 Å². The molecule has 0 heterocycles. The summed E-state index contributed by atoms with van der Waals surface area (Å²) in [6.07, 6.45) is -0.567. The fourth-order valence-corrected chi connectivity index (χ4v) is 0.228. The van der Waals surface area contributed by atoms with Gasteiger partial charge < -0.3 is 4.74 Å². The van der Waals surface area contributed by atoms with Crippen LogP contribution < -0.4 is 5.43 Å². The van der Waals surface area contributed by atoms with Crippen molar-refractivity contribution >= 4 is 12.8 Å². The van der Waals surface area contributed by atoms with Crippen LogP contribution in [0.2, 0.25) is 0 Å². The predicted molar refractivity (Wildman–Crippen MR) is 29.7 cm³/mol. The molecule has 0 bridgehead atoms. The van der Waals surface area contributed by atoms with E-state index in [-0.39, 0.29) is 0 Å². The normalized spacial score (nSPS) is 7.62. The third-order valence-corrected chi connectivity index (χ3v) is 0.446. The van der Waals surface area contributed by atoms with Crippen molar-refractivity contribution in [2.24, 2.45) is 5.10 Å². The van der Waals surface area contributed by atoms with Crippen molar-refractivity contribution in [2.45, 2.75) is 6.92 Å². The standard InChI is InChI=1S/C4H8N2O2/c1-3-8-4(7)6-5-2/h2-3H2,1H3,(H,6,7). The van der Waals surface area contributed by atoms with E-state index < -0.39 is 6.09 Å². The molecule has 0 aromatic rings. The minimum Gasteiger partial charge on any atom is -0.449 e. The van der Waals surface area contributed by atoms with Gasteiger partial charge in [-0.05, 0) is 6.92 Å². The van der Waals surface area contributed by atoms with Gasteiger partial charge in [0.05, 0.1) is 6.61 Å². The number of carbonyl (C=O) groups is 1. The molecular formula is C4H8N2O2. The Hall–Kier alpha value is -1.06. The smallest absolute Gasteiger partial charge is 0.427 e. The lowest BCUT2D eigenvalue weighted by atomic mass is 10.9. The van der Waals surface area contributed by atoms with Crippen molar-refractivity contribution in [3.63, 3.8) is 0 Å². The van der Waals surface area contributed by atoms with Crippen LogP contribution in [-0.2, 0) is 4.74 Å². The van der Waals surface area contributed by atoms with E-state index in [1.54, 1.807) is 6.92 Å². The third-order valence-electron chi connectivity index (χ3n) is 0.446. The molecule has 46 valence electrons. The minimum absolute atomic E-state index is 0.349. The van der Waals surface area contributed by atoms with E-state index in [2.05, 4.69) is 16.6 Å². The van der Waals surface area contributed by atoms with E-state index in [1.165, 1.54) is 0 Å². The Morgan fingerprint density at radius 2 is 2.62 bits per heavy atom. The van der Waals surface area contributed by atoms with Gasteiger partial charge in [-0.3, -0.25) is 0 Å². The Morgan fingerprint density at radius 1 is 2.00 bits per heavy atom. The first-order valence-electron chi connectivity index (χ1n) is 2.19. The van der Waals surface area contributed by atoms with Crippen LogP contribution in [-0.4, -0.2) is 19.4 Å². The first kappa shape index (κ1) is 6.94. The second-order valence-electron chi connectivity index (χ2n) is 0.990. The molecular weight excluding hydrogens is 108 g/mol. The fourth-order valence-electron chi connectivity index (χ4n) is 0.228. The summed E-state index contributed by atoms with van der Waals surface area (Å²) >= 11 is 0. The lowest BCUT2D eigenvalue weighted by Crippen LogP contribution is -2.17. The monoisotopic (exact) mass is 116 g/mol. The van der Waals surface area contributed by atoms with Crippen LogP contribution in [0.1, 0.15) is 6.92 Å². The molecule has 0 aliphatic heterocycles. The molecule has 0 spiro atoms. The van der Waals surface area contributed by atoms with E-state index in [9.17, 15) is 4.79 Å². The molecule has 0 saturated heterocycles.